The van der Waals surface area contributed by atoms with Gasteiger partial charge in [-0.15, -0.1) is 0 Å². The van der Waals surface area contributed by atoms with Crippen molar-refractivity contribution in [2.75, 3.05) is 6.54 Å². The van der Waals surface area contributed by atoms with Gasteiger partial charge in [0.25, 0.3) is 0 Å². The van der Waals surface area contributed by atoms with Gasteiger partial charge in [-0.3, -0.25) is 4.79 Å². The van der Waals surface area contributed by atoms with Crippen molar-refractivity contribution in [1.29, 1.82) is 0 Å². The molecule has 3 atom stereocenters. The summed E-state index contributed by atoms with van der Waals surface area (Å²) >= 11 is 0. The van der Waals surface area contributed by atoms with Gasteiger partial charge in [0.2, 0.25) is 5.91 Å². The van der Waals surface area contributed by atoms with Crippen LogP contribution in [-0.4, -0.2) is 18.4 Å². The fraction of sp³-hybridized carbons (Fsp3) is 0.583. The average molecular weight is 383 g/mol. The maximum absolute atomic E-state index is 12.0. The Morgan fingerprint density at radius 2 is 2.00 bits per heavy atom. The fourth-order valence-electron chi connectivity index (χ4n) is 5.71. The minimum atomic E-state index is -1.35. The molecule has 0 unspecified atom stereocenters. The van der Waals surface area contributed by atoms with Gasteiger partial charge in [-0.05, 0) is 71.1 Å². The topological polar surface area (TPSA) is 69.2 Å². The lowest BCUT2D eigenvalue weighted by Gasteiger charge is -2.55. The van der Waals surface area contributed by atoms with E-state index in [1.807, 2.05) is 0 Å². The number of aryl methyl sites for hydroxylation is 1. The van der Waals surface area contributed by atoms with E-state index in [9.17, 15) is 14.7 Å². The molecule has 2 aliphatic rings. The van der Waals surface area contributed by atoms with Crippen LogP contribution in [0.3, 0.4) is 0 Å². The van der Waals surface area contributed by atoms with E-state index in [1.165, 1.54) is 23.1 Å². The van der Waals surface area contributed by atoms with Crippen LogP contribution in [0, 0.1) is 11.3 Å². The first-order chi connectivity index (χ1) is 13.2. The second kappa shape index (κ2) is 7.73. The van der Waals surface area contributed by atoms with Crippen LogP contribution in [0.2, 0.25) is 0 Å². The molecule has 0 aromatic heterocycles. The van der Waals surface area contributed by atoms with E-state index >= 15 is 0 Å². The quantitative estimate of drug-likeness (QED) is 0.795. The molecule has 0 bridgehead atoms. The third kappa shape index (κ3) is 3.87. The van der Waals surface area contributed by atoms with Crippen LogP contribution in [0.4, 0.5) is 0 Å². The Bertz CT molecular complexity index is 797. The van der Waals surface area contributed by atoms with E-state index < -0.39 is 5.97 Å². The fourth-order valence-corrected chi connectivity index (χ4v) is 5.71. The molecule has 0 heterocycles. The van der Waals surface area contributed by atoms with Crippen molar-refractivity contribution in [2.24, 2.45) is 11.3 Å². The van der Waals surface area contributed by atoms with Crippen molar-refractivity contribution >= 4 is 11.9 Å². The summed E-state index contributed by atoms with van der Waals surface area (Å²) in [6.07, 6.45) is 7.45. The summed E-state index contributed by atoms with van der Waals surface area (Å²) in [5.74, 6) is -0.681. The van der Waals surface area contributed by atoms with Crippen molar-refractivity contribution in [3.8, 4) is 0 Å². The smallest absolute Gasteiger partial charge is 0.244 e. The molecule has 1 aromatic rings. The Morgan fingerprint density at radius 1 is 1.25 bits per heavy atom. The number of carboxylic acid groups (broad SMARTS) is 1. The molecule has 1 N–H and O–H groups in total. The summed E-state index contributed by atoms with van der Waals surface area (Å²) in [7, 11) is 0. The number of hydrogen-bond donors (Lipinski definition) is 1. The number of benzene rings is 1. The third-order valence-corrected chi connectivity index (χ3v) is 7.21. The van der Waals surface area contributed by atoms with Gasteiger partial charge in [-0.25, -0.2) is 0 Å². The average Bonchev–Trinajstić information content (AvgIpc) is 2.64. The molecule has 28 heavy (non-hydrogen) atoms. The molecule has 2 aliphatic carbocycles. The highest BCUT2D eigenvalue weighted by Gasteiger charge is 2.51. The number of nitrogens with one attached hydrogen (secondary N) is 1. The van der Waals surface area contributed by atoms with Crippen LogP contribution in [0.5, 0.6) is 0 Å². The van der Waals surface area contributed by atoms with E-state index in [0.29, 0.717) is 18.4 Å². The van der Waals surface area contributed by atoms with E-state index in [1.54, 1.807) is 0 Å². The zero-order valence-corrected chi connectivity index (χ0v) is 17.5. The summed E-state index contributed by atoms with van der Waals surface area (Å²) in [6, 6.07) is 7.04. The number of fused-ring (bicyclic) bond motifs is 3. The minimum absolute atomic E-state index is 0.00633. The molecule has 0 aliphatic heterocycles. The summed E-state index contributed by atoms with van der Waals surface area (Å²) in [5, 5.41) is 13.4. The van der Waals surface area contributed by atoms with Crippen LogP contribution in [0.25, 0.3) is 0 Å². The van der Waals surface area contributed by atoms with Gasteiger partial charge in [0.05, 0.1) is 5.97 Å². The Morgan fingerprint density at radius 3 is 2.68 bits per heavy atom. The van der Waals surface area contributed by atoms with Crippen molar-refractivity contribution in [3.63, 3.8) is 0 Å². The minimum Gasteiger partial charge on any atom is -0.545 e. The van der Waals surface area contributed by atoms with Crippen LogP contribution >= 0.6 is 0 Å². The maximum Gasteiger partial charge on any atom is 0.244 e. The van der Waals surface area contributed by atoms with E-state index in [4.69, 9.17) is 0 Å². The summed E-state index contributed by atoms with van der Waals surface area (Å²) in [6.45, 7) is 9.74. The highest BCUT2D eigenvalue weighted by Crippen LogP contribution is 2.57. The Kier molecular flexibility index (Phi) is 5.69. The summed E-state index contributed by atoms with van der Waals surface area (Å²) in [5.41, 5.74) is 4.53. The molecule has 1 aromatic carbocycles. The Balaban J connectivity index is 1.82. The van der Waals surface area contributed by atoms with Crippen LogP contribution < -0.4 is 10.4 Å². The first-order valence-electron chi connectivity index (χ1n) is 10.5. The standard InChI is InChI=1S/C24H33NO3/c1-16(2)17-6-8-19-18(14-17)7-9-20-23(3,12-5-13-24(19,20)4)15-25-21(26)10-11-22(27)28/h6,8,10-11,14,16,20H,5,7,9,12-13,15H2,1-4H3,(H,25,26)(H,27,28)/p-1/b11-10+/t20-,23+,24+/m1/s1. The molecule has 0 spiro atoms. The largest absolute Gasteiger partial charge is 0.545 e. The zero-order chi connectivity index (χ0) is 20.5. The highest BCUT2D eigenvalue weighted by molar-refractivity contribution is 5.93. The summed E-state index contributed by atoms with van der Waals surface area (Å²) < 4.78 is 0. The lowest BCUT2D eigenvalue weighted by atomic mass is 9.49. The number of rotatable bonds is 5. The second-order valence-corrected chi connectivity index (χ2v) is 9.46. The van der Waals surface area contributed by atoms with Crippen LogP contribution in [0.1, 0.15) is 76.0 Å². The van der Waals surface area contributed by atoms with Crippen LogP contribution in [0.15, 0.2) is 30.4 Å². The monoisotopic (exact) mass is 382 g/mol. The van der Waals surface area contributed by atoms with Gasteiger partial charge >= 0.3 is 0 Å². The molecule has 1 fully saturated rings. The van der Waals surface area contributed by atoms with E-state index in [0.717, 1.165) is 37.8 Å². The molecule has 0 saturated heterocycles. The first kappa shape index (κ1) is 20.6. The van der Waals surface area contributed by atoms with Gasteiger partial charge < -0.3 is 15.2 Å². The van der Waals surface area contributed by atoms with Gasteiger partial charge in [0.1, 0.15) is 0 Å². The van der Waals surface area contributed by atoms with Crippen molar-refractivity contribution < 1.29 is 14.7 Å². The lowest BCUT2D eigenvalue weighted by molar-refractivity contribution is -0.297. The number of carbonyl (C=O) groups excluding carboxylic acids is 2. The van der Waals surface area contributed by atoms with Gasteiger partial charge in [-0.2, -0.15) is 0 Å². The molecule has 152 valence electrons. The zero-order valence-electron chi connectivity index (χ0n) is 17.5. The number of aliphatic carboxylic acids is 1. The predicted octanol–water partition coefficient (Wildman–Crippen LogP) is 3.24. The lowest BCUT2D eigenvalue weighted by Crippen LogP contribution is -2.53. The SMILES string of the molecule is CC(C)c1ccc2c(c1)CC[C@@H]1[C@](C)(CNC(=O)/C=C/C(=O)[O-])CCC[C@@]21C. The van der Waals surface area contributed by atoms with Crippen molar-refractivity contribution in [3.05, 3.63) is 47.0 Å². The molecule has 1 amide bonds. The Hall–Kier alpha value is -2.10. The second-order valence-electron chi connectivity index (χ2n) is 9.46. The normalized spacial score (nSPS) is 29.4. The molecule has 4 heteroatoms. The van der Waals surface area contributed by atoms with E-state index in [2.05, 4.69) is 51.2 Å². The van der Waals surface area contributed by atoms with Crippen molar-refractivity contribution in [1.82, 2.24) is 5.32 Å². The Labute approximate surface area is 168 Å². The maximum atomic E-state index is 12.0. The molecule has 3 rings (SSSR count). The van der Waals surface area contributed by atoms with Gasteiger partial charge in [-0.1, -0.05) is 52.3 Å². The number of amides is 1. The van der Waals surface area contributed by atoms with Crippen LogP contribution in [-0.2, 0) is 21.4 Å². The van der Waals surface area contributed by atoms with Crippen molar-refractivity contribution in [2.45, 2.75) is 71.1 Å². The number of hydrogen-bond acceptors (Lipinski definition) is 3. The highest BCUT2D eigenvalue weighted by atomic mass is 16.4. The molecule has 4 nitrogen and oxygen atoms in total. The number of carboxylic acids is 1. The molecule has 0 radical (unpaired) electrons. The van der Waals surface area contributed by atoms with E-state index in [-0.39, 0.29) is 16.7 Å². The van der Waals surface area contributed by atoms with Gasteiger partial charge in [0, 0.05) is 12.6 Å². The summed E-state index contributed by atoms with van der Waals surface area (Å²) in [4.78, 5) is 22.5. The third-order valence-electron chi connectivity index (χ3n) is 7.21. The number of carbonyl (C=O) groups is 2. The first-order valence-corrected chi connectivity index (χ1v) is 10.5. The predicted molar refractivity (Wildman–Crippen MR) is 109 cm³/mol. The molecular weight excluding hydrogens is 350 g/mol. The molecule has 1 saturated carbocycles. The van der Waals surface area contributed by atoms with Gasteiger partial charge in [0.15, 0.2) is 0 Å². The molecular formula is C24H32NO3-.